The first-order chi connectivity index (χ1) is 9.53. The highest BCUT2D eigenvalue weighted by atomic mass is 32.2. The first-order valence-electron chi connectivity index (χ1n) is 6.18. The molecule has 0 saturated heterocycles. The molecule has 0 unspecified atom stereocenters. The molecule has 0 spiro atoms. The molecule has 0 amide bonds. The number of benzene rings is 1. The number of hydrogen-bond donors (Lipinski definition) is 1. The van der Waals surface area contributed by atoms with Crippen LogP contribution in [0.5, 0.6) is 5.75 Å². The van der Waals surface area contributed by atoms with Gasteiger partial charge in [-0.15, -0.1) is 0 Å². The van der Waals surface area contributed by atoms with E-state index >= 15 is 0 Å². The van der Waals surface area contributed by atoms with Gasteiger partial charge in [-0.05, 0) is 59.5 Å². The predicted molar refractivity (Wildman–Crippen MR) is 80.9 cm³/mol. The normalized spacial score (nSPS) is 11.5. The number of rotatable bonds is 6. The first kappa shape index (κ1) is 15.0. The van der Waals surface area contributed by atoms with Crippen LogP contribution >= 0.6 is 11.3 Å². The minimum atomic E-state index is -3.46. The first-order valence-corrected chi connectivity index (χ1v) is 8.61. The van der Waals surface area contributed by atoms with Gasteiger partial charge in [0.25, 0.3) is 0 Å². The zero-order valence-electron chi connectivity index (χ0n) is 11.4. The van der Waals surface area contributed by atoms with E-state index < -0.39 is 10.0 Å². The fourth-order valence-electron chi connectivity index (χ4n) is 1.87. The summed E-state index contributed by atoms with van der Waals surface area (Å²) in [6, 6.07) is 6.84. The van der Waals surface area contributed by atoms with Crippen molar-refractivity contribution in [3.8, 4) is 5.75 Å². The lowest BCUT2D eigenvalue weighted by atomic mass is 10.2. The molecule has 0 bridgehead atoms. The number of ether oxygens (including phenoxy) is 1. The molecule has 0 fully saturated rings. The van der Waals surface area contributed by atoms with Gasteiger partial charge in [0, 0.05) is 6.54 Å². The van der Waals surface area contributed by atoms with Crippen molar-refractivity contribution in [2.24, 2.45) is 0 Å². The Labute approximate surface area is 123 Å². The Bertz CT molecular complexity index is 664. The summed E-state index contributed by atoms with van der Waals surface area (Å²) in [7, 11) is -1.90. The molecule has 0 aliphatic carbocycles. The Morgan fingerprint density at radius 2 is 2.10 bits per heavy atom. The Morgan fingerprint density at radius 3 is 2.70 bits per heavy atom. The molecule has 4 nitrogen and oxygen atoms in total. The van der Waals surface area contributed by atoms with E-state index in [9.17, 15) is 8.42 Å². The molecule has 1 aromatic carbocycles. The van der Waals surface area contributed by atoms with E-state index in [1.165, 1.54) is 0 Å². The summed E-state index contributed by atoms with van der Waals surface area (Å²) in [5, 5.41) is 4.00. The smallest absolute Gasteiger partial charge is 0.240 e. The maximum Gasteiger partial charge on any atom is 0.240 e. The molecule has 0 aliphatic heterocycles. The Hall–Kier alpha value is -1.37. The molecule has 1 aromatic heterocycles. The number of hydrogen-bond acceptors (Lipinski definition) is 4. The molecule has 20 heavy (non-hydrogen) atoms. The summed E-state index contributed by atoms with van der Waals surface area (Å²) >= 11 is 1.61. The highest BCUT2D eigenvalue weighted by Crippen LogP contribution is 2.21. The summed E-state index contributed by atoms with van der Waals surface area (Å²) < 4.78 is 32.1. The second-order valence-electron chi connectivity index (χ2n) is 4.41. The molecule has 108 valence electrons. The third-order valence-electron chi connectivity index (χ3n) is 2.96. The number of aryl methyl sites for hydroxylation is 1. The molecule has 0 aliphatic rings. The molecule has 1 N–H and O–H groups in total. The lowest BCUT2D eigenvalue weighted by Gasteiger charge is -2.09. The second-order valence-corrected chi connectivity index (χ2v) is 6.96. The minimum absolute atomic E-state index is 0.265. The number of thiophene rings is 1. The lowest BCUT2D eigenvalue weighted by molar-refractivity contribution is 0.411. The largest absolute Gasteiger partial charge is 0.496 e. The molecule has 0 saturated carbocycles. The lowest BCUT2D eigenvalue weighted by Crippen LogP contribution is -2.26. The van der Waals surface area contributed by atoms with Crippen molar-refractivity contribution >= 4 is 21.4 Å². The van der Waals surface area contributed by atoms with Gasteiger partial charge in [0.15, 0.2) is 0 Å². The molecule has 1 heterocycles. The van der Waals surface area contributed by atoms with Crippen molar-refractivity contribution < 1.29 is 13.2 Å². The van der Waals surface area contributed by atoms with Crippen LogP contribution in [-0.4, -0.2) is 22.1 Å². The Balaban J connectivity index is 2.04. The molecule has 2 rings (SSSR count). The highest BCUT2D eigenvalue weighted by Gasteiger charge is 2.14. The number of sulfonamides is 1. The quantitative estimate of drug-likeness (QED) is 0.892. The average molecular weight is 311 g/mol. The number of methoxy groups -OCH3 is 1. The van der Waals surface area contributed by atoms with Crippen LogP contribution in [0.15, 0.2) is 39.9 Å². The van der Waals surface area contributed by atoms with Crippen LogP contribution in [-0.2, 0) is 16.4 Å². The van der Waals surface area contributed by atoms with Gasteiger partial charge >= 0.3 is 0 Å². The molecular formula is C14H17NO3S2. The van der Waals surface area contributed by atoms with Gasteiger partial charge in [-0.2, -0.15) is 11.3 Å². The summed E-state index contributed by atoms with van der Waals surface area (Å²) in [5.74, 6) is 0.683. The van der Waals surface area contributed by atoms with Crippen LogP contribution in [0.25, 0.3) is 0 Å². The predicted octanol–water partition coefficient (Wildman–Crippen LogP) is 2.59. The molecule has 0 radical (unpaired) electrons. The van der Waals surface area contributed by atoms with Gasteiger partial charge in [-0.3, -0.25) is 0 Å². The Morgan fingerprint density at radius 1 is 1.30 bits per heavy atom. The SMILES string of the molecule is COc1ccc(S(=O)(=O)NCCc2ccsc2)cc1C. The van der Waals surface area contributed by atoms with Gasteiger partial charge in [-0.25, -0.2) is 13.1 Å². The second kappa shape index (κ2) is 6.39. The van der Waals surface area contributed by atoms with Crippen molar-refractivity contribution in [1.29, 1.82) is 0 Å². The fourth-order valence-corrected chi connectivity index (χ4v) is 3.69. The van der Waals surface area contributed by atoms with Crippen LogP contribution in [0.1, 0.15) is 11.1 Å². The van der Waals surface area contributed by atoms with E-state index in [2.05, 4.69) is 4.72 Å². The van der Waals surface area contributed by atoms with Gasteiger partial charge in [-0.1, -0.05) is 0 Å². The average Bonchev–Trinajstić information content (AvgIpc) is 2.91. The van der Waals surface area contributed by atoms with Crippen LogP contribution in [0.4, 0.5) is 0 Å². The van der Waals surface area contributed by atoms with Crippen molar-refractivity contribution in [3.63, 3.8) is 0 Å². The highest BCUT2D eigenvalue weighted by molar-refractivity contribution is 7.89. The monoisotopic (exact) mass is 311 g/mol. The summed E-state index contributed by atoms with van der Waals surface area (Å²) in [4.78, 5) is 0.265. The third kappa shape index (κ3) is 3.59. The molecule has 2 aromatic rings. The standard InChI is InChI=1S/C14H17NO3S2/c1-11-9-13(3-4-14(11)18-2)20(16,17)15-7-5-12-6-8-19-10-12/h3-4,6,8-10,15H,5,7H2,1-2H3. The van der Waals surface area contributed by atoms with E-state index in [-0.39, 0.29) is 4.90 Å². The maximum atomic E-state index is 12.2. The molecule has 6 heteroatoms. The van der Waals surface area contributed by atoms with Crippen LogP contribution in [0.2, 0.25) is 0 Å². The van der Waals surface area contributed by atoms with Crippen molar-refractivity contribution in [1.82, 2.24) is 4.72 Å². The van der Waals surface area contributed by atoms with Gasteiger partial charge in [0.2, 0.25) is 10.0 Å². The van der Waals surface area contributed by atoms with E-state index in [0.29, 0.717) is 18.7 Å². The zero-order chi connectivity index (χ0) is 14.6. The van der Waals surface area contributed by atoms with Crippen LogP contribution < -0.4 is 9.46 Å². The van der Waals surface area contributed by atoms with E-state index in [1.54, 1.807) is 36.6 Å². The van der Waals surface area contributed by atoms with Crippen molar-refractivity contribution in [3.05, 3.63) is 46.2 Å². The molecule has 0 atom stereocenters. The van der Waals surface area contributed by atoms with E-state index in [0.717, 1.165) is 11.1 Å². The van der Waals surface area contributed by atoms with Gasteiger partial charge in [0.1, 0.15) is 5.75 Å². The summed E-state index contributed by atoms with van der Waals surface area (Å²) in [6.45, 7) is 2.22. The van der Waals surface area contributed by atoms with Crippen LogP contribution in [0.3, 0.4) is 0 Å². The van der Waals surface area contributed by atoms with E-state index in [4.69, 9.17) is 4.74 Å². The van der Waals surface area contributed by atoms with Gasteiger partial charge in [0.05, 0.1) is 12.0 Å². The molecular weight excluding hydrogens is 294 g/mol. The maximum absolute atomic E-state index is 12.2. The third-order valence-corrected chi connectivity index (χ3v) is 5.15. The minimum Gasteiger partial charge on any atom is -0.496 e. The van der Waals surface area contributed by atoms with E-state index in [1.807, 2.05) is 23.8 Å². The van der Waals surface area contributed by atoms with Crippen LogP contribution in [0, 0.1) is 6.92 Å². The van der Waals surface area contributed by atoms with Crippen molar-refractivity contribution in [2.45, 2.75) is 18.2 Å². The Kier molecular flexibility index (Phi) is 4.80. The zero-order valence-corrected chi connectivity index (χ0v) is 13.1. The van der Waals surface area contributed by atoms with Crippen molar-refractivity contribution in [2.75, 3.05) is 13.7 Å². The fraction of sp³-hybridized carbons (Fsp3) is 0.286. The number of nitrogens with one attached hydrogen (secondary N) is 1. The summed E-state index contributed by atoms with van der Waals surface area (Å²) in [5.41, 5.74) is 1.94. The topological polar surface area (TPSA) is 55.4 Å². The summed E-state index contributed by atoms with van der Waals surface area (Å²) in [6.07, 6.45) is 0.692. The van der Waals surface area contributed by atoms with Gasteiger partial charge < -0.3 is 4.74 Å².